The SMILES string of the molecule is COCCNc1nnc(S[C@H](C)C(=O)Nc2ccc(F)cc2)s1. The molecule has 0 radical (unpaired) electrons. The van der Waals surface area contributed by atoms with E-state index in [-0.39, 0.29) is 17.0 Å². The van der Waals surface area contributed by atoms with Crippen molar-refractivity contribution in [3.05, 3.63) is 30.1 Å². The summed E-state index contributed by atoms with van der Waals surface area (Å²) in [6.07, 6.45) is 0. The lowest BCUT2D eigenvalue weighted by Crippen LogP contribution is -2.22. The normalized spacial score (nSPS) is 12.0. The molecule has 9 heteroatoms. The summed E-state index contributed by atoms with van der Waals surface area (Å²) in [6, 6.07) is 5.65. The van der Waals surface area contributed by atoms with Crippen LogP contribution in [0.15, 0.2) is 28.6 Å². The number of carbonyl (C=O) groups is 1. The van der Waals surface area contributed by atoms with Gasteiger partial charge >= 0.3 is 0 Å². The summed E-state index contributed by atoms with van der Waals surface area (Å²) >= 11 is 2.70. The fourth-order valence-electron chi connectivity index (χ4n) is 1.57. The van der Waals surface area contributed by atoms with E-state index in [1.54, 1.807) is 14.0 Å². The fraction of sp³-hybridized carbons (Fsp3) is 0.357. The lowest BCUT2D eigenvalue weighted by molar-refractivity contribution is -0.115. The molecule has 1 atom stereocenters. The first kappa shape index (κ1) is 17.6. The van der Waals surface area contributed by atoms with Crippen molar-refractivity contribution in [1.82, 2.24) is 10.2 Å². The Balaban J connectivity index is 1.84. The minimum atomic E-state index is -0.347. The molecule has 0 saturated carbocycles. The monoisotopic (exact) mass is 356 g/mol. The molecule has 1 aromatic carbocycles. The highest BCUT2D eigenvalue weighted by molar-refractivity contribution is 8.02. The molecule has 0 bridgehead atoms. The number of aromatic nitrogens is 2. The number of methoxy groups -OCH3 is 1. The van der Waals surface area contributed by atoms with Gasteiger partial charge in [-0.1, -0.05) is 23.1 Å². The number of ether oxygens (including phenoxy) is 1. The van der Waals surface area contributed by atoms with Gasteiger partial charge in [0.15, 0.2) is 4.34 Å². The van der Waals surface area contributed by atoms with Gasteiger partial charge in [0.1, 0.15) is 5.82 Å². The molecule has 0 spiro atoms. The molecule has 0 aliphatic rings. The van der Waals surface area contributed by atoms with Crippen molar-refractivity contribution in [3.63, 3.8) is 0 Å². The zero-order valence-corrected chi connectivity index (χ0v) is 14.3. The second-order valence-corrected chi connectivity index (χ2v) is 7.11. The van der Waals surface area contributed by atoms with Gasteiger partial charge in [0.25, 0.3) is 0 Å². The van der Waals surface area contributed by atoms with Gasteiger partial charge in [-0.3, -0.25) is 4.79 Å². The maximum absolute atomic E-state index is 12.8. The Morgan fingerprint density at radius 1 is 1.39 bits per heavy atom. The first-order valence-corrected chi connectivity index (χ1v) is 8.57. The number of carbonyl (C=O) groups excluding carboxylic acids is 1. The molecule has 0 fully saturated rings. The lowest BCUT2D eigenvalue weighted by atomic mass is 10.3. The number of halogens is 1. The second kappa shape index (κ2) is 8.80. The van der Waals surface area contributed by atoms with Crippen molar-refractivity contribution < 1.29 is 13.9 Å². The van der Waals surface area contributed by atoms with E-state index in [2.05, 4.69) is 20.8 Å². The van der Waals surface area contributed by atoms with Gasteiger partial charge in [-0.15, -0.1) is 10.2 Å². The number of anilines is 2. The van der Waals surface area contributed by atoms with Gasteiger partial charge in [0, 0.05) is 19.3 Å². The minimum Gasteiger partial charge on any atom is -0.383 e. The molecule has 0 aliphatic heterocycles. The number of nitrogens with one attached hydrogen (secondary N) is 2. The van der Waals surface area contributed by atoms with Crippen LogP contribution in [0.4, 0.5) is 15.2 Å². The molecule has 0 aliphatic carbocycles. The van der Waals surface area contributed by atoms with E-state index in [0.29, 0.717) is 28.3 Å². The van der Waals surface area contributed by atoms with Crippen LogP contribution in [0, 0.1) is 5.82 Å². The summed E-state index contributed by atoms with van der Waals surface area (Å²) in [5.41, 5.74) is 0.558. The Labute approximate surface area is 141 Å². The summed E-state index contributed by atoms with van der Waals surface area (Å²) in [7, 11) is 1.63. The molecule has 6 nitrogen and oxygen atoms in total. The molecule has 2 rings (SSSR count). The number of rotatable bonds is 8. The first-order chi connectivity index (χ1) is 11.1. The molecule has 2 N–H and O–H groups in total. The molecule has 1 amide bonds. The van der Waals surface area contributed by atoms with Crippen molar-refractivity contribution in [2.75, 3.05) is 30.9 Å². The third-order valence-corrected chi connectivity index (χ3v) is 4.81. The van der Waals surface area contributed by atoms with Crippen LogP contribution < -0.4 is 10.6 Å². The first-order valence-electron chi connectivity index (χ1n) is 6.88. The Morgan fingerprint density at radius 2 is 2.13 bits per heavy atom. The van der Waals surface area contributed by atoms with Gasteiger partial charge in [-0.2, -0.15) is 0 Å². The van der Waals surface area contributed by atoms with Gasteiger partial charge in [-0.25, -0.2) is 4.39 Å². The molecule has 1 aromatic heterocycles. The third-order valence-electron chi connectivity index (χ3n) is 2.75. The van der Waals surface area contributed by atoms with Crippen LogP contribution in [0.5, 0.6) is 0 Å². The van der Waals surface area contributed by atoms with E-state index >= 15 is 0 Å². The van der Waals surface area contributed by atoms with E-state index in [4.69, 9.17) is 4.74 Å². The molecule has 124 valence electrons. The van der Waals surface area contributed by atoms with Crippen LogP contribution in [0.1, 0.15) is 6.92 Å². The molecule has 23 heavy (non-hydrogen) atoms. The van der Waals surface area contributed by atoms with Gasteiger partial charge < -0.3 is 15.4 Å². The summed E-state index contributed by atoms with van der Waals surface area (Å²) in [5, 5.41) is 14.2. The zero-order valence-electron chi connectivity index (χ0n) is 12.7. The van der Waals surface area contributed by atoms with E-state index in [1.165, 1.54) is 47.4 Å². The van der Waals surface area contributed by atoms with Crippen LogP contribution in [0.25, 0.3) is 0 Å². The highest BCUT2D eigenvalue weighted by Crippen LogP contribution is 2.29. The zero-order chi connectivity index (χ0) is 16.7. The number of thioether (sulfide) groups is 1. The smallest absolute Gasteiger partial charge is 0.237 e. The van der Waals surface area contributed by atoms with E-state index in [9.17, 15) is 9.18 Å². The maximum atomic E-state index is 12.8. The summed E-state index contributed by atoms with van der Waals surface area (Å²) < 4.78 is 18.5. The predicted molar refractivity (Wildman–Crippen MR) is 90.6 cm³/mol. The molecule has 0 saturated heterocycles. The maximum Gasteiger partial charge on any atom is 0.237 e. The second-order valence-electron chi connectivity index (χ2n) is 4.55. The molecule has 0 unspecified atom stereocenters. The highest BCUT2D eigenvalue weighted by atomic mass is 32.2. The quantitative estimate of drug-likeness (QED) is 0.559. The highest BCUT2D eigenvalue weighted by Gasteiger charge is 2.17. The molecule has 2 aromatic rings. The van der Waals surface area contributed by atoms with E-state index < -0.39 is 0 Å². The van der Waals surface area contributed by atoms with Gasteiger partial charge in [0.05, 0.1) is 11.9 Å². The van der Waals surface area contributed by atoms with Crippen molar-refractivity contribution in [2.45, 2.75) is 16.5 Å². The fourth-order valence-corrected chi connectivity index (χ4v) is 3.49. The van der Waals surface area contributed by atoms with Crippen molar-refractivity contribution in [1.29, 1.82) is 0 Å². The lowest BCUT2D eigenvalue weighted by Gasteiger charge is -2.10. The van der Waals surface area contributed by atoms with E-state index in [0.717, 1.165) is 0 Å². The topological polar surface area (TPSA) is 76.1 Å². The van der Waals surface area contributed by atoms with Crippen LogP contribution in [-0.4, -0.2) is 41.6 Å². The number of nitrogens with zero attached hydrogens (tertiary/aromatic N) is 2. The largest absolute Gasteiger partial charge is 0.383 e. The van der Waals surface area contributed by atoms with E-state index in [1.807, 2.05) is 0 Å². The number of amides is 1. The van der Waals surface area contributed by atoms with Crippen LogP contribution >= 0.6 is 23.1 Å². The van der Waals surface area contributed by atoms with Gasteiger partial charge in [0.2, 0.25) is 11.0 Å². The summed E-state index contributed by atoms with van der Waals surface area (Å²) in [5.74, 6) is -0.515. The average molecular weight is 356 g/mol. The number of hydrogen-bond acceptors (Lipinski definition) is 7. The van der Waals surface area contributed by atoms with Crippen molar-refractivity contribution in [3.8, 4) is 0 Å². The van der Waals surface area contributed by atoms with Crippen molar-refractivity contribution in [2.24, 2.45) is 0 Å². The van der Waals surface area contributed by atoms with Crippen molar-refractivity contribution >= 4 is 39.8 Å². The molecular formula is C14H17FN4O2S2. The third kappa shape index (κ3) is 5.77. The Morgan fingerprint density at radius 3 is 2.83 bits per heavy atom. The summed E-state index contributed by atoms with van der Waals surface area (Å²) in [4.78, 5) is 12.1. The van der Waals surface area contributed by atoms with Crippen LogP contribution in [-0.2, 0) is 9.53 Å². The molecule has 1 heterocycles. The van der Waals surface area contributed by atoms with Gasteiger partial charge in [-0.05, 0) is 31.2 Å². The number of hydrogen-bond donors (Lipinski definition) is 2. The number of benzene rings is 1. The van der Waals surface area contributed by atoms with Crippen LogP contribution in [0.2, 0.25) is 0 Å². The summed E-state index contributed by atoms with van der Waals surface area (Å²) in [6.45, 7) is 3.01. The Hall–Kier alpha value is -1.71. The molecular weight excluding hydrogens is 339 g/mol. The average Bonchev–Trinajstić information content (AvgIpc) is 2.97. The van der Waals surface area contributed by atoms with Crippen LogP contribution in [0.3, 0.4) is 0 Å². The minimum absolute atomic E-state index is 0.175. The Bertz CT molecular complexity index is 636. The predicted octanol–water partition coefficient (Wildman–Crippen LogP) is 2.85. The Kier molecular flexibility index (Phi) is 6.75. The standard InChI is InChI=1S/C14H17FN4O2S2/c1-9(12(20)17-11-5-3-10(15)4-6-11)22-14-19-18-13(23-14)16-7-8-21-2/h3-6,9H,7-8H2,1-2H3,(H,16,18)(H,17,20)/t9-/m1/s1.